The van der Waals surface area contributed by atoms with E-state index in [9.17, 15) is 4.79 Å². The Kier molecular flexibility index (Phi) is 4.24. The van der Waals surface area contributed by atoms with Gasteiger partial charge in [-0.2, -0.15) is 0 Å². The zero-order valence-corrected chi connectivity index (χ0v) is 11.0. The minimum absolute atomic E-state index is 0. The second kappa shape index (κ2) is 4.92. The third-order valence-electron chi connectivity index (χ3n) is 4.01. The molecule has 0 spiro atoms. The topological polar surface area (TPSA) is 55.1 Å². The first kappa shape index (κ1) is 13.8. The van der Waals surface area contributed by atoms with Crippen molar-refractivity contribution < 1.29 is 4.79 Å². The quantitative estimate of drug-likeness (QED) is 0.781. The third kappa shape index (κ3) is 2.89. The number of nitrogens with two attached hydrogens (primary N) is 1. The predicted octanol–water partition coefficient (Wildman–Crippen LogP) is 1.84. The molecule has 0 aromatic carbocycles. The van der Waals surface area contributed by atoms with E-state index in [4.69, 9.17) is 5.73 Å². The zero-order chi connectivity index (χ0) is 11.1. The fourth-order valence-electron chi connectivity index (χ4n) is 2.60. The molecule has 2 rings (SSSR count). The number of hydrogen-bond acceptors (Lipinski definition) is 2. The summed E-state index contributed by atoms with van der Waals surface area (Å²) >= 11 is 0. The van der Waals surface area contributed by atoms with Crippen molar-refractivity contribution in [2.45, 2.75) is 57.5 Å². The van der Waals surface area contributed by atoms with E-state index in [1.54, 1.807) is 0 Å². The Morgan fingerprint density at radius 2 is 2.06 bits per heavy atom. The maximum atomic E-state index is 12.0. The van der Waals surface area contributed by atoms with Crippen molar-refractivity contribution >= 4 is 18.3 Å². The molecule has 94 valence electrons. The van der Waals surface area contributed by atoms with Crippen LogP contribution in [-0.2, 0) is 4.79 Å². The van der Waals surface area contributed by atoms with Crippen molar-refractivity contribution in [3.8, 4) is 0 Å². The Morgan fingerprint density at radius 1 is 1.44 bits per heavy atom. The van der Waals surface area contributed by atoms with Crippen LogP contribution in [-0.4, -0.2) is 17.5 Å². The van der Waals surface area contributed by atoms with Crippen LogP contribution in [0.5, 0.6) is 0 Å². The Hall–Kier alpha value is -0.280. The lowest BCUT2D eigenvalue weighted by molar-refractivity contribution is -0.128. The van der Waals surface area contributed by atoms with Crippen molar-refractivity contribution in [1.82, 2.24) is 5.32 Å². The molecule has 1 amide bonds. The maximum absolute atomic E-state index is 12.0. The molecule has 3 N–H and O–H groups in total. The van der Waals surface area contributed by atoms with E-state index in [0.29, 0.717) is 12.0 Å². The summed E-state index contributed by atoms with van der Waals surface area (Å²) in [5.41, 5.74) is 5.90. The lowest BCUT2D eigenvalue weighted by Gasteiger charge is -2.37. The number of carbonyl (C=O) groups excluding carboxylic acids is 1. The van der Waals surface area contributed by atoms with E-state index in [1.807, 2.05) is 6.92 Å². The number of carbonyl (C=O) groups is 1. The summed E-state index contributed by atoms with van der Waals surface area (Å²) in [4.78, 5) is 12.0. The van der Waals surface area contributed by atoms with Crippen molar-refractivity contribution in [1.29, 1.82) is 0 Å². The van der Waals surface area contributed by atoms with Gasteiger partial charge in [-0.05, 0) is 32.1 Å². The van der Waals surface area contributed by atoms with Crippen LogP contribution in [0.15, 0.2) is 0 Å². The average Bonchev–Trinajstić information content (AvgIpc) is 2.80. The van der Waals surface area contributed by atoms with E-state index >= 15 is 0 Å². The number of halogens is 1. The molecule has 0 heterocycles. The van der Waals surface area contributed by atoms with Gasteiger partial charge < -0.3 is 11.1 Å². The highest BCUT2D eigenvalue weighted by molar-refractivity contribution is 5.85. The molecule has 0 radical (unpaired) electrons. The number of nitrogens with one attached hydrogen (secondary N) is 1. The van der Waals surface area contributed by atoms with Gasteiger partial charge in [0.05, 0.1) is 5.92 Å². The number of amides is 1. The highest BCUT2D eigenvalue weighted by atomic mass is 35.5. The Labute approximate surface area is 104 Å². The van der Waals surface area contributed by atoms with E-state index in [1.165, 1.54) is 0 Å². The van der Waals surface area contributed by atoms with Gasteiger partial charge in [0.15, 0.2) is 0 Å². The van der Waals surface area contributed by atoms with Crippen molar-refractivity contribution in [3.05, 3.63) is 0 Å². The Balaban J connectivity index is 0.00000128. The molecular weight excluding hydrogens is 224 g/mol. The van der Waals surface area contributed by atoms with Gasteiger partial charge in [-0.25, -0.2) is 0 Å². The molecule has 4 unspecified atom stereocenters. The minimum atomic E-state index is -0.291. The second-order valence-corrected chi connectivity index (χ2v) is 5.63. The van der Waals surface area contributed by atoms with Crippen LogP contribution >= 0.6 is 12.4 Å². The number of rotatable bonds is 2. The largest absolute Gasteiger partial charge is 0.353 e. The summed E-state index contributed by atoms with van der Waals surface area (Å²) in [6.45, 7) is 4.19. The van der Waals surface area contributed by atoms with Gasteiger partial charge in [0.2, 0.25) is 5.91 Å². The van der Waals surface area contributed by atoms with Crippen molar-refractivity contribution in [2.75, 3.05) is 0 Å². The molecule has 16 heavy (non-hydrogen) atoms. The second-order valence-electron chi connectivity index (χ2n) is 5.63. The summed E-state index contributed by atoms with van der Waals surface area (Å²) in [6.07, 6.45) is 5.38. The molecule has 2 fully saturated rings. The monoisotopic (exact) mass is 246 g/mol. The van der Waals surface area contributed by atoms with Gasteiger partial charge in [-0.1, -0.05) is 19.8 Å². The van der Waals surface area contributed by atoms with Gasteiger partial charge in [-0.15, -0.1) is 12.4 Å². The summed E-state index contributed by atoms with van der Waals surface area (Å²) in [7, 11) is 0. The highest BCUT2D eigenvalue weighted by Gasteiger charge is 2.41. The van der Waals surface area contributed by atoms with E-state index < -0.39 is 0 Å². The van der Waals surface area contributed by atoms with Crippen molar-refractivity contribution in [2.24, 2.45) is 17.6 Å². The van der Waals surface area contributed by atoms with Gasteiger partial charge in [-0.3, -0.25) is 4.79 Å². The molecule has 0 aromatic heterocycles. The average molecular weight is 247 g/mol. The first-order valence-electron chi connectivity index (χ1n) is 6.10. The summed E-state index contributed by atoms with van der Waals surface area (Å²) in [5.74, 6) is 0.884. The van der Waals surface area contributed by atoms with Crippen LogP contribution in [0.1, 0.15) is 46.0 Å². The molecule has 4 atom stereocenters. The van der Waals surface area contributed by atoms with Gasteiger partial charge >= 0.3 is 0 Å². The predicted molar refractivity (Wildman–Crippen MR) is 67.5 cm³/mol. The fraction of sp³-hybridized carbons (Fsp3) is 0.917. The summed E-state index contributed by atoms with van der Waals surface area (Å²) in [6, 6.07) is 0.426. The van der Waals surface area contributed by atoms with Crippen LogP contribution in [0, 0.1) is 11.8 Å². The lowest BCUT2D eigenvalue weighted by Crippen LogP contribution is -2.53. The van der Waals surface area contributed by atoms with Gasteiger partial charge in [0.1, 0.15) is 0 Å². The lowest BCUT2D eigenvalue weighted by atomic mass is 9.74. The smallest absolute Gasteiger partial charge is 0.225 e. The van der Waals surface area contributed by atoms with Gasteiger partial charge in [0.25, 0.3) is 0 Å². The van der Waals surface area contributed by atoms with E-state index in [0.717, 1.165) is 32.1 Å². The van der Waals surface area contributed by atoms with E-state index in [-0.39, 0.29) is 29.8 Å². The SMILES string of the molecule is CC1CC1NC(=O)C1CCCCC1(C)N.Cl. The Morgan fingerprint density at radius 3 is 2.56 bits per heavy atom. The third-order valence-corrected chi connectivity index (χ3v) is 4.01. The molecule has 0 bridgehead atoms. The molecule has 2 aliphatic rings. The van der Waals surface area contributed by atoms with Crippen LogP contribution in [0.2, 0.25) is 0 Å². The normalized spacial score (nSPS) is 42.1. The molecular formula is C12H23ClN2O. The molecule has 0 saturated heterocycles. The van der Waals surface area contributed by atoms with Crippen LogP contribution in [0.3, 0.4) is 0 Å². The van der Waals surface area contributed by atoms with Crippen LogP contribution in [0.4, 0.5) is 0 Å². The molecule has 4 heteroatoms. The molecule has 0 aromatic rings. The maximum Gasteiger partial charge on any atom is 0.225 e. The van der Waals surface area contributed by atoms with Gasteiger partial charge in [0, 0.05) is 11.6 Å². The molecule has 3 nitrogen and oxygen atoms in total. The van der Waals surface area contributed by atoms with Crippen LogP contribution < -0.4 is 11.1 Å². The first-order chi connectivity index (χ1) is 7.00. The molecule has 2 aliphatic carbocycles. The standard InChI is InChI=1S/C12H22N2O.ClH/c1-8-7-10(8)14-11(15)9-5-3-4-6-12(9,2)13;/h8-10H,3-7,13H2,1-2H3,(H,14,15);1H. The summed E-state index contributed by atoms with van der Waals surface area (Å²) < 4.78 is 0. The summed E-state index contributed by atoms with van der Waals surface area (Å²) in [5, 5.41) is 3.11. The zero-order valence-electron chi connectivity index (χ0n) is 10.2. The number of hydrogen-bond donors (Lipinski definition) is 2. The highest BCUT2D eigenvalue weighted by Crippen LogP contribution is 2.34. The first-order valence-corrected chi connectivity index (χ1v) is 6.10. The minimum Gasteiger partial charge on any atom is -0.353 e. The van der Waals surface area contributed by atoms with Crippen molar-refractivity contribution in [3.63, 3.8) is 0 Å². The fourth-order valence-corrected chi connectivity index (χ4v) is 2.60. The Bertz CT molecular complexity index is 268. The van der Waals surface area contributed by atoms with Crippen LogP contribution in [0.25, 0.3) is 0 Å². The van der Waals surface area contributed by atoms with E-state index in [2.05, 4.69) is 12.2 Å². The molecule has 0 aliphatic heterocycles. The molecule has 2 saturated carbocycles.